The van der Waals surface area contributed by atoms with Gasteiger partial charge >= 0.3 is 0 Å². The van der Waals surface area contributed by atoms with Crippen molar-refractivity contribution in [1.29, 1.82) is 0 Å². The van der Waals surface area contributed by atoms with Crippen LogP contribution in [0.15, 0.2) is 24.3 Å². The molecule has 98 valence electrons. The van der Waals surface area contributed by atoms with Crippen molar-refractivity contribution in [2.24, 2.45) is 0 Å². The molecule has 1 unspecified atom stereocenters. The molecule has 3 nitrogen and oxygen atoms in total. The summed E-state index contributed by atoms with van der Waals surface area (Å²) >= 11 is 0. The molecule has 1 aliphatic heterocycles. The Morgan fingerprint density at radius 2 is 2.17 bits per heavy atom. The normalized spacial score (nSPS) is 25.7. The Hall–Kier alpha value is -1.06. The van der Waals surface area contributed by atoms with Crippen LogP contribution >= 0.6 is 0 Å². The summed E-state index contributed by atoms with van der Waals surface area (Å²) in [5.41, 5.74) is 0.644. The summed E-state index contributed by atoms with van der Waals surface area (Å²) in [4.78, 5) is 0. The molecule has 1 saturated carbocycles. The van der Waals surface area contributed by atoms with Crippen molar-refractivity contribution in [2.45, 2.75) is 43.8 Å². The van der Waals surface area contributed by atoms with Gasteiger partial charge in [0.15, 0.2) is 0 Å². The third-order valence-corrected chi connectivity index (χ3v) is 3.73. The fourth-order valence-corrected chi connectivity index (χ4v) is 2.42. The molecule has 0 aromatic heterocycles. The summed E-state index contributed by atoms with van der Waals surface area (Å²) in [5.74, 6) is 0.910. The van der Waals surface area contributed by atoms with E-state index in [0.29, 0.717) is 13.0 Å². The largest absolute Gasteiger partial charge is 0.488 e. The molecule has 1 aromatic carbocycles. The molecule has 3 rings (SSSR count). The molecule has 1 N–H and O–H groups in total. The smallest absolute Gasteiger partial charge is 0.123 e. The average Bonchev–Trinajstić information content (AvgIpc) is 3.11. The summed E-state index contributed by atoms with van der Waals surface area (Å²) < 4.78 is 11.5. The lowest BCUT2D eigenvalue weighted by molar-refractivity contribution is 0.00674. The van der Waals surface area contributed by atoms with Crippen LogP contribution in [0.3, 0.4) is 0 Å². The lowest BCUT2D eigenvalue weighted by Crippen LogP contribution is -2.28. The Bertz CT molecular complexity index is 406. The predicted octanol–water partition coefficient (Wildman–Crippen LogP) is 2.31. The van der Waals surface area contributed by atoms with Crippen molar-refractivity contribution in [3.63, 3.8) is 0 Å². The van der Waals surface area contributed by atoms with Crippen LogP contribution in [-0.2, 0) is 11.2 Å². The van der Waals surface area contributed by atoms with Crippen LogP contribution in [0.5, 0.6) is 5.75 Å². The van der Waals surface area contributed by atoms with E-state index in [1.807, 2.05) is 18.2 Å². The summed E-state index contributed by atoms with van der Waals surface area (Å²) in [6.07, 6.45) is 4.81. The molecule has 2 fully saturated rings. The first-order chi connectivity index (χ1) is 8.75. The van der Waals surface area contributed by atoms with Crippen molar-refractivity contribution in [2.75, 3.05) is 13.2 Å². The Kier molecular flexibility index (Phi) is 3.27. The third kappa shape index (κ3) is 2.85. The molecule has 2 aliphatic rings. The zero-order valence-electron chi connectivity index (χ0n) is 10.6. The molecule has 0 bridgehead atoms. The van der Waals surface area contributed by atoms with Crippen molar-refractivity contribution in [3.8, 4) is 5.75 Å². The van der Waals surface area contributed by atoms with Gasteiger partial charge in [-0.25, -0.2) is 0 Å². The van der Waals surface area contributed by atoms with E-state index in [1.54, 1.807) is 0 Å². The van der Waals surface area contributed by atoms with Crippen LogP contribution < -0.4 is 4.74 Å². The van der Waals surface area contributed by atoms with E-state index >= 15 is 0 Å². The van der Waals surface area contributed by atoms with Gasteiger partial charge < -0.3 is 14.6 Å². The number of rotatable bonds is 4. The standard InChI is InChI=1S/C15H20O3/c16-15(7-8-15)10-12-4-1-2-6-14(12)18-13-5-3-9-17-11-13/h1-2,4,6,13,16H,3,5,7-11H2. The Morgan fingerprint density at radius 3 is 2.89 bits per heavy atom. The summed E-state index contributed by atoms with van der Waals surface area (Å²) in [5, 5.41) is 10.0. The van der Waals surface area contributed by atoms with Gasteiger partial charge in [-0.1, -0.05) is 18.2 Å². The van der Waals surface area contributed by atoms with Crippen LogP contribution in [-0.4, -0.2) is 30.0 Å². The van der Waals surface area contributed by atoms with Crippen molar-refractivity contribution < 1.29 is 14.6 Å². The zero-order chi connectivity index (χ0) is 12.4. The Morgan fingerprint density at radius 1 is 1.33 bits per heavy atom. The van der Waals surface area contributed by atoms with E-state index in [9.17, 15) is 5.11 Å². The highest BCUT2D eigenvalue weighted by Gasteiger charge is 2.40. The van der Waals surface area contributed by atoms with Crippen LogP contribution in [0.2, 0.25) is 0 Å². The lowest BCUT2D eigenvalue weighted by atomic mass is 10.1. The summed E-state index contributed by atoms with van der Waals surface area (Å²) in [6, 6.07) is 8.04. The molecule has 3 heteroatoms. The van der Waals surface area contributed by atoms with Crippen LogP contribution in [0.1, 0.15) is 31.2 Å². The number of para-hydroxylation sites is 1. The molecular formula is C15H20O3. The summed E-state index contributed by atoms with van der Waals surface area (Å²) in [7, 11) is 0. The van der Waals surface area contributed by atoms with Gasteiger partial charge in [0.25, 0.3) is 0 Å². The lowest BCUT2D eigenvalue weighted by Gasteiger charge is -2.25. The molecule has 0 spiro atoms. The van der Waals surface area contributed by atoms with Crippen molar-refractivity contribution in [1.82, 2.24) is 0 Å². The van der Waals surface area contributed by atoms with E-state index in [4.69, 9.17) is 9.47 Å². The first-order valence-corrected chi connectivity index (χ1v) is 6.80. The number of ether oxygens (including phenoxy) is 2. The number of benzene rings is 1. The van der Waals surface area contributed by atoms with Crippen LogP contribution in [0.25, 0.3) is 0 Å². The molecule has 0 radical (unpaired) electrons. The minimum Gasteiger partial charge on any atom is -0.488 e. The zero-order valence-corrected chi connectivity index (χ0v) is 10.6. The maximum absolute atomic E-state index is 10.0. The maximum Gasteiger partial charge on any atom is 0.123 e. The van der Waals surface area contributed by atoms with Gasteiger partial charge in [0.2, 0.25) is 0 Å². The van der Waals surface area contributed by atoms with Crippen LogP contribution in [0.4, 0.5) is 0 Å². The molecule has 1 heterocycles. The molecule has 1 atom stereocenters. The van der Waals surface area contributed by atoms with Gasteiger partial charge in [0.1, 0.15) is 11.9 Å². The highest BCUT2D eigenvalue weighted by atomic mass is 16.5. The first-order valence-electron chi connectivity index (χ1n) is 6.80. The fraction of sp³-hybridized carbons (Fsp3) is 0.600. The van der Waals surface area contributed by atoms with Gasteiger partial charge in [-0.15, -0.1) is 0 Å². The van der Waals surface area contributed by atoms with Gasteiger partial charge in [0.05, 0.1) is 12.2 Å². The van der Waals surface area contributed by atoms with E-state index < -0.39 is 5.60 Å². The number of hydrogen-bond acceptors (Lipinski definition) is 3. The van der Waals surface area contributed by atoms with Gasteiger partial charge in [-0.3, -0.25) is 0 Å². The summed E-state index contributed by atoms with van der Waals surface area (Å²) in [6.45, 7) is 1.53. The minimum absolute atomic E-state index is 0.161. The van der Waals surface area contributed by atoms with Crippen molar-refractivity contribution in [3.05, 3.63) is 29.8 Å². The number of hydrogen-bond donors (Lipinski definition) is 1. The molecule has 18 heavy (non-hydrogen) atoms. The second-order valence-electron chi connectivity index (χ2n) is 5.47. The third-order valence-electron chi connectivity index (χ3n) is 3.73. The molecule has 1 aliphatic carbocycles. The Balaban J connectivity index is 1.69. The van der Waals surface area contributed by atoms with E-state index in [-0.39, 0.29) is 6.10 Å². The highest BCUT2D eigenvalue weighted by Crippen LogP contribution is 2.40. The Labute approximate surface area is 108 Å². The molecule has 0 amide bonds. The maximum atomic E-state index is 10.0. The quantitative estimate of drug-likeness (QED) is 0.888. The van der Waals surface area contributed by atoms with E-state index in [1.165, 1.54) is 0 Å². The van der Waals surface area contributed by atoms with Crippen molar-refractivity contribution >= 4 is 0 Å². The highest BCUT2D eigenvalue weighted by molar-refractivity contribution is 5.35. The molecule has 1 saturated heterocycles. The van der Waals surface area contributed by atoms with E-state index in [0.717, 1.165) is 43.6 Å². The second-order valence-corrected chi connectivity index (χ2v) is 5.47. The van der Waals surface area contributed by atoms with Gasteiger partial charge in [0, 0.05) is 13.0 Å². The SMILES string of the molecule is OC1(Cc2ccccc2OC2CCCOC2)CC1. The predicted molar refractivity (Wildman–Crippen MR) is 68.8 cm³/mol. The van der Waals surface area contributed by atoms with Gasteiger partial charge in [-0.05, 0) is 37.3 Å². The number of aliphatic hydroxyl groups is 1. The second kappa shape index (κ2) is 4.90. The first kappa shape index (κ1) is 12.0. The van der Waals surface area contributed by atoms with E-state index in [2.05, 4.69) is 6.07 Å². The average molecular weight is 248 g/mol. The monoisotopic (exact) mass is 248 g/mol. The van der Waals surface area contributed by atoms with Crippen LogP contribution in [0, 0.1) is 0 Å². The minimum atomic E-state index is -0.470. The molecule has 1 aromatic rings. The molecular weight excluding hydrogens is 228 g/mol. The van der Waals surface area contributed by atoms with Gasteiger partial charge in [-0.2, -0.15) is 0 Å². The fourth-order valence-electron chi connectivity index (χ4n) is 2.42. The topological polar surface area (TPSA) is 38.7 Å².